The summed E-state index contributed by atoms with van der Waals surface area (Å²) in [6, 6.07) is 0. The van der Waals surface area contributed by atoms with Crippen LogP contribution >= 0.6 is 0 Å². The molecule has 2 aliphatic rings. The lowest BCUT2D eigenvalue weighted by atomic mass is 9.61. The molecule has 0 heterocycles. The molecule has 3 atom stereocenters. The molecule has 0 aliphatic heterocycles. The molecule has 0 aromatic carbocycles. The van der Waals surface area contributed by atoms with Gasteiger partial charge in [-0.2, -0.15) is 0 Å². The SMILES string of the molecule is CC1CCCC(C(=O)O)(C2C=CCCC2)C1. The van der Waals surface area contributed by atoms with Crippen LogP contribution in [0.1, 0.15) is 51.9 Å². The summed E-state index contributed by atoms with van der Waals surface area (Å²) in [6.45, 7) is 2.20. The Labute approximate surface area is 97.7 Å². The van der Waals surface area contributed by atoms with E-state index in [1.54, 1.807) is 0 Å². The van der Waals surface area contributed by atoms with Crippen molar-refractivity contribution in [3.63, 3.8) is 0 Å². The van der Waals surface area contributed by atoms with Crippen molar-refractivity contribution >= 4 is 5.97 Å². The van der Waals surface area contributed by atoms with Crippen LogP contribution in [-0.2, 0) is 4.79 Å². The maximum atomic E-state index is 11.7. The van der Waals surface area contributed by atoms with E-state index in [9.17, 15) is 9.90 Å². The van der Waals surface area contributed by atoms with Gasteiger partial charge in [0.1, 0.15) is 0 Å². The van der Waals surface area contributed by atoms with Crippen molar-refractivity contribution in [1.29, 1.82) is 0 Å². The summed E-state index contributed by atoms with van der Waals surface area (Å²) in [5, 5.41) is 9.62. The number of carboxylic acids is 1. The van der Waals surface area contributed by atoms with Gasteiger partial charge in [0.05, 0.1) is 5.41 Å². The lowest BCUT2D eigenvalue weighted by Gasteiger charge is -2.42. The molecule has 0 aromatic heterocycles. The van der Waals surface area contributed by atoms with E-state index in [2.05, 4.69) is 19.1 Å². The van der Waals surface area contributed by atoms with Crippen LogP contribution in [0.4, 0.5) is 0 Å². The summed E-state index contributed by atoms with van der Waals surface area (Å²) in [6.07, 6.45) is 11.7. The molecule has 0 aromatic rings. The van der Waals surface area contributed by atoms with Crippen LogP contribution in [0.2, 0.25) is 0 Å². The van der Waals surface area contributed by atoms with Crippen LogP contribution in [0, 0.1) is 17.3 Å². The lowest BCUT2D eigenvalue weighted by molar-refractivity contribution is -0.155. The second-order valence-corrected chi connectivity index (χ2v) is 5.63. The predicted molar refractivity (Wildman–Crippen MR) is 64.2 cm³/mol. The lowest BCUT2D eigenvalue weighted by Crippen LogP contribution is -2.42. The molecule has 0 radical (unpaired) electrons. The topological polar surface area (TPSA) is 37.3 Å². The Bertz CT molecular complexity index is 295. The highest BCUT2D eigenvalue weighted by atomic mass is 16.4. The van der Waals surface area contributed by atoms with Gasteiger partial charge in [-0.25, -0.2) is 0 Å². The average molecular weight is 222 g/mol. The molecule has 2 nitrogen and oxygen atoms in total. The Hall–Kier alpha value is -0.790. The number of hydrogen-bond donors (Lipinski definition) is 1. The van der Waals surface area contributed by atoms with Crippen molar-refractivity contribution in [2.75, 3.05) is 0 Å². The van der Waals surface area contributed by atoms with Crippen LogP contribution in [0.3, 0.4) is 0 Å². The minimum absolute atomic E-state index is 0.279. The Balaban J connectivity index is 2.23. The zero-order chi connectivity index (χ0) is 11.6. The van der Waals surface area contributed by atoms with E-state index in [1.807, 2.05) is 0 Å². The molecule has 2 heteroatoms. The molecule has 2 rings (SSSR count). The minimum Gasteiger partial charge on any atom is -0.481 e. The number of carboxylic acid groups (broad SMARTS) is 1. The average Bonchev–Trinajstić information content (AvgIpc) is 2.30. The smallest absolute Gasteiger partial charge is 0.310 e. The normalized spacial score (nSPS) is 39.6. The summed E-state index contributed by atoms with van der Waals surface area (Å²) in [7, 11) is 0. The second-order valence-electron chi connectivity index (χ2n) is 5.63. The van der Waals surface area contributed by atoms with E-state index in [-0.39, 0.29) is 5.92 Å². The highest BCUT2D eigenvalue weighted by Gasteiger charge is 2.46. The molecule has 16 heavy (non-hydrogen) atoms. The summed E-state index contributed by atoms with van der Waals surface area (Å²) >= 11 is 0. The molecular formula is C14H22O2. The molecule has 0 spiro atoms. The zero-order valence-electron chi connectivity index (χ0n) is 10.1. The van der Waals surface area contributed by atoms with E-state index in [0.717, 1.165) is 38.5 Å². The summed E-state index contributed by atoms with van der Waals surface area (Å²) < 4.78 is 0. The highest BCUT2D eigenvalue weighted by Crippen LogP contribution is 2.48. The third kappa shape index (κ3) is 2.02. The number of rotatable bonds is 2. The molecule has 0 saturated heterocycles. The van der Waals surface area contributed by atoms with Crippen molar-refractivity contribution in [3.05, 3.63) is 12.2 Å². The molecule has 1 fully saturated rings. The van der Waals surface area contributed by atoms with Gasteiger partial charge in [-0.05, 0) is 43.9 Å². The molecule has 1 N–H and O–H groups in total. The fourth-order valence-corrected chi connectivity index (χ4v) is 3.55. The summed E-state index contributed by atoms with van der Waals surface area (Å²) in [4.78, 5) is 11.7. The molecule has 0 bridgehead atoms. The first-order valence-corrected chi connectivity index (χ1v) is 6.55. The van der Waals surface area contributed by atoms with Gasteiger partial charge in [-0.3, -0.25) is 4.79 Å². The predicted octanol–water partition coefficient (Wildman–Crippen LogP) is 3.62. The summed E-state index contributed by atoms with van der Waals surface area (Å²) in [5.41, 5.74) is -0.450. The standard InChI is InChI=1S/C14H22O2/c1-11-6-5-9-14(10-11,13(15)16)12-7-3-2-4-8-12/h3,7,11-12H,2,4-6,8-10H2,1H3,(H,15,16). The van der Waals surface area contributed by atoms with Crippen molar-refractivity contribution in [3.8, 4) is 0 Å². The largest absolute Gasteiger partial charge is 0.481 e. The quantitative estimate of drug-likeness (QED) is 0.724. The first kappa shape index (κ1) is 11.7. The van der Waals surface area contributed by atoms with E-state index in [4.69, 9.17) is 0 Å². The monoisotopic (exact) mass is 222 g/mol. The van der Waals surface area contributed by atoms with Gasteiger partial charge in [0.15, 0.2) is 0 Å². The van der Waals surface area contributed by atoms with Crippen LogP contribution in [0.15, 0.2) is 12.2 Å². The van der Waals surface area contributed by atoms with Gasteiger partial charge in [-0.1, -0.05) is 31.9 Å². The van der Waals surface area contributed by atoms with E-state index < -0.39 is 11.4 Å². The number of aliphatic carboxylic acids is 1. The number of hydrogen-bond acceptors (Lipinski definition) is 1. The van der Waals surface area contributed by atoms with Gasteiger partial charge in [-0.15, -0.1) is 0 Å². The van der Waals surface area contributed by atoms with Crippen molar-refractivity contribution in [1.82, 2.24) is 0 Å². The van der Waals surface area contributed by atoms with E-state index in [1.165, 1.54) is 6.42 Å². The second kappa shape index (κ2) is 4.60. The van der Waals surface area contributed by atoms with Gasteiger partial charge in [0.25, 0.3) is 0 Å². The van der Waals surface area contributed by atoms with Crippen LogP contribution < -0.4 is 0 Å². The first-order valence-electron chi connectivity index (χ1n) is 6.55. The third-order valence-corrected chi connectivity index (χ3v) is 4.42. The summed E-state index contributed by atoms with van der Waals surface area (Å²) in [5.74, 6) is 0.289. The van der Waals surface area contributed by atoms with Crippen molar-refractivity contribution in [2.24, 2.45) is 17.3 Å². The zero-order valence-corrected chi connectivity index (χ0v) is 10.1. The molecule has 1 saturated carbocycles. The van der Waals surface area contributed by atoms with Crippen molar-refractivity contribution < 1.29 is 9.90 Å². The highest BCUT2D eigenvalue weighted by molar-refractivity contribution is 5.75. The first-order chi connectivity index (χ1) is 7.65. The maximum Gasteiger partial charge on any atom is 0.310 e. The molecule has 0 amide bonds. The van der Waals surface area contributed by atoms with Crippen LogP contribution in [0.25, 0.3) is 0 Å². The Morgan fingerprint density at radius 2 is 2.19 bits per heavy atom. The maximum absolute atomic E-state index is 11.7. The fraction of sp³-hybridized carbons (Fsp3) is 0.786. The number of carbonyl (C=O) groups is 1. The third-order valence-electron chi connectivity index (χ3n) is 4.42. The van der Waals surface area contributed by atoms with Crippen LogP contribution in [-0.4, -0.2) is 11.1 Å². The minimum atomic E-state index is -0.560. The molecular weight excluding hydrogens is 200 g/mol. The Kier molecular flexibility index (Phi) is 3.36. The van der Waals surface area contributed by atoms with Gasteiger partial charge in [0, 0.05) is 0 Å². The Morgan fingerprint density at radius 1 is 1.38 bits per heavy atom. The molecule has 3 unspecified atom stereocenters. The van der Waals surface area contributed by atoms with Gasteiger partial charge in [0.2, 0.25) is 0 Å². The van der Waals surface area contributed by atoms with Crippen LogP contribution in [0.5, 0.6) is 0 Å². The van der Waals surface area contributed by atoms with Gasteiger partial charge >= 0.3 is 5.97 Å². The van der Waals surface area contributed by atoms with E-state index >= 15 is 0 Å². The van der Waals surface area contributed by atoms with Gasteiger partial charge < -0.3 is 5.11 Å². The fourth-order valence-electron chi connectivity index (χ4n) is 3.55. The van der Waals surface area contributed by atoms with E-state index in [0.29, 0.717) is 5.92 Å². The number of allylic oxidation sites excluding steroid dienone is 2. The van der Waals surface area contributed by atoms with Crippen molar-refractivity contribution in [2.45, 2.75) is 51.9 Å². The molecule has 2 aliphatic carbocycles. The molecule has 90 valence electrons. The Morgan fingerprint density at radius 3 is 2.75 bits per heavy atom.